The van der Waals surface area contributed by atoms with E-state index in [1.807, 2.05) is 0 Å². The second-order valence-corrected chi connectivity index (χ2v) is 4.35. The van der Waals surface area contributed by atoms with Crippen molar-refractivity contribution in [3.8, 4) is 0 Å². The van der Waals surface area contributed by atoms with E-state index in [9.17, 15) is 18.9 Å². The molecule has 0 radical (unpaired) electrons. The third kappa shape index (κ3) is 2.49. The lowest BCUT2D eigenvalue weighted by molar-refractivity contribution is -0.384. The molecule has 2 N–H and O–H groups in total. The minimum atomic E-state index is -2.67. The standard InChI is InChI=1S/C11H13F2N3O2/c12-11(13)3-5-15(6-4-11)10-7-8(14)1-2-9(10)16(17)18/h1-2,7H,3-6,14H2. The minimum Gasteiger partial charge on any atom is -0.399 e. The molecule has 18 heavy (non-hydrogen) atoms. The van der Waals surface area contributed by atoms with E-state index in [2.05, 4.69) is 0 Å². The number of nitrogens with zero attached hydrogens (tertiary/aromatic N) is 2. The van der Waals surface area contributed by atoms with Gasteiger partial charge in [0.25, 0.3) is 11.6 Å². The fraction of sp³-hybridized carbons (Fsp3) is 0.455. The summed E-state index contributed by atoms with van der Waals surface area (Å²) in [6.45, 7) is 0.189. The minimum absolute atomic E-state index is 0.0945. The summed E-state index contributed by atoms with van der Waals surface area (Å²) >= 11 is 0. The van der Waals surface area contributed by atoms with E-state index in [4.69, 9.17) is 5.73 Å². The van der Waals surface area contributed by atoms with Crippen molar-refractivity contribution in [3.63, 3.8) is 0 Å². The van der Waals surface area contributed by atoms with Gasteiger partial charge in [0.05, 0.1) is 4.92 Å². The average molecular weight is 257 g/mol. The number of anilines is 2. The van der Waals surface area contributed by atoms with Gasteiger partial charge in [-0.2, -0.15) is 0 Å². The molecule has 2 rings (SSSR count). The summed E-state index contributed by atoms with van der Waals surface area (Å²) in [7, 11) is 0. The zero-order valence-electron chi connectivity index (χ0n) is 9.60. The second-order valence-electron chi connectivity index (χ2n) is 4.35. The third-order valence-electron chi connectivity index (χ3n) is 3.03. The topological polar surface area (TPSA) is 72.4 Å². The lowest BCUT2D eigenvalue weighted by Gasteiger charge is -2.33. The van der Waals surface area contributed by atoms with E-state index < -0.39 is 10.8 Å². The number of halogens is 2. The van der Waals surface area contributed by atoms with Gasteiger partial charge in [0.2, 0.25) is 0 Å². The highest BCUT2D eigenvalue weighted by Gasteiger charge is 2.35. The molecule has 0 spiro atoms. The maximum atomic E-state index is 13.0. The lowest BCUT2D eigenvalue weighted by atomic mass is 10.1. The van der Waals surface area contributed by atoms with Crippen LogP contribution in [0.15, 0.2) is 18.2 Å². The molecule has 98 valence electrons. The van der Waals surface area contributed by atoms with Gasteiger partial charge in [0.1, 0.15) is 5.69 Å². The molecule has 1 aromatic rings. The van der Waals surface area contributed by atoms with Gasteiger partial charge in [-0.25, -0.2) is 8.78 Å². The number of piperidine rings is 1. The molecule has 5 nitrogen and oxygen atoms in total. The molecule has 0 amide bonds. The summed E-state index contributed by atoms with van der Waals surface area (Å²) < 4.78 is 26.1. The second kappa shape index (κ2) is 4.40. The monoisotopic (exact) mass is 257 g/mol. The molecular formula is C11H13F2N3O2. The van der Waals surface area contributed by atoms with Crippen LogP contribution in [0.4, 0.5) is 25.8 Å². The Bertz CT molecular complexity index is 469. The van der Waals surface area contributed by atoms with Gasteiger partial charge >= 0.3 is 0 Å². The molecule has 7 heteroatoms. The molecule has 0 unspecified atom stereocenters. The predicted molar refractivity (Wildman–Crippen MR) is 63.9 cm³/mol. The SMILES string of the molecule is Nc1ccc([N+](=O)[O-])c(N2CCC(F)(F)CC2)c1. The van der Waals surface area contributed by atoms with Crippen LogP contribution in [0.3, 0.4) is 0 Å². The van der Waals surface area contributed by atoms with Crippen molar-refractivity contribution in [3.05, 3.63) is 28.3 Å². The number of hydrogen-bond donors (Lipinski definition) is 1. The van der Waals surface area contributed by atoms with E-state index in [1.165, 1.54) is 18.2 Å². The Balaban J connectivity index is 2.28. The van der Waals surface area contributed by atoms with Gasteiger partial charge in [-0.3, -0.25) is 10.1 Å². The molecule has 1 aromatic carbocycles. The zero-order valence-corrected chi connectivity index (χ0v) is 9.60. The molecule has 1 saturated heterocycles. The number of nitrogens with two attached hydrogens (primary N) is 1. The van der Waals surface area contributed by atoms with E-state index in [-0.39, 0.29) is 31.6 Å². The molecule has 1 aliphatic heterocycles. The maximum absolute atomic E-state index is 13.0. The molecule has 0 bridgehead atoms. The van der Waals surface area contributed by atoms with Crippen molar-refractivity contribution < 1.29 is 13.7 Å². The number of nitrogen functional groups attached to an aromatic ring is 1. The quantitative estimate of drug-likeness (QED) is 0.501. The summed E-state index contributed by atoms with van der Waals surface area (Å²) in [5.41, 5.74) is 6.19. The first kappa shape index (κ1) is 12.5. The van der Waals surface area contributed by atoms with Crippen LogP contribution in [0.2, 0.25) is 0 Å². The molecule has 0 aromatic heterocycles. The Kier molecular flexibility index (Phi) is 3.06. The maximum Gasteiger partial charge on any atom is 0.292 e. The van der Waals surface area contributed by atoms with Gasteiger partial charge in [-0.05, 0) is 12.1 Å². The van der Waals surface area contributed by atoms with Crippen molar-refractivity contribution in [2.75, 3.05) is 23.7 Å². The smallest absolute Gasteiger partial charge is 0.292 e. The van der Waals surface area contributed by atoms with E-state index in [0.29, 0.717) is 11.4 Å². The van der Waals surface area contributed by atoms with Crippen LogP contribution in [-0.2, 0) is 0 Å². The van der Waals surface area contributed by atoms with Crippen LogP contribution in [0, 0.1) is 10.1 Å². The molecule has 0 aliphatic carbocycles. The van der Waals surface area contributed by atoms with E-state index >= 15 is 0 Å². The number of hydrogen-bond acceptors (Lipinski definition) is 4. The van der Waals surface area contributed by atoms with E-state index in [0.717, 1.165) is 0 Å². The summed E-state index contributed by atoms with van der Waals surface area (Å²) in [6.07, 6.45) is -0.585. The van der Waals surface area contributed by atoms with Crippen LogP contribution in [0.25, 0.3) is 0 Å². The van der Waals surface area contributed by atoms with Gasteiger partial charge < -0.3 is 10.6 Å². The van der Waals surface area contributed by atoms with E-state index in [1.54, 1.807) is 4.90 Å². The molecular weight excluding hydrogens is 244 g/mol. The highest BCUT2D eigenvalue weighted by molar-refractivity contribution is 5.68. The van der Waals surface area contributed by atoms with Gasteiger partial charge in [0, 0.05) is 37.7 Å². The van der Waals surface area contributed by atoms with Crippen molar-refractivity contribution in [2.24, 2.45) is 0 Å². The van der Waals surface area contributed by atoms with Crippen molar-refractivity contribution in [1.82, 2.24) is 0 Å². The Hall–Kier alpha value is -1.92. The highest BCUT2D eigenvalue weighted by Crippen LogP contribution is 2.35. The molecule has 1 heterocycles. The predicted octanol–water partition coefficient (Wildman–Crippen LogP) is 2.41. The molecule has 1 fully saturated rings. The first-order valence-corrected chi connectivity index (χ1v) is 5.56. The van der Waals surface area contributed by atoms with Gasteiger partial charge in [-0.1, -0.05) is 0 Å². The van der Waals surface area contributed by atoms with Crippen molar-refractivity contribution in [1.29, 1.82) is 0 Å². The largest absolute Gasteiger partial charge is 0.399 e. The van der Waals surface area contributed by atoms with Crippen LogP contribution < -0.4 is 10.6 Å². The molecule has 0 saturated carbocycles. The summed E-state index contributed by atoms with van der Waals surface area (Å²) in [5.74, 6) is -2.67. The number of benzene rings is 1. The van der Waals surface area contributed by atoms with Crippen molar-refractivity contribution >= 4 is 17.1 Å². The van der Waals surface area contributed by atoms with Crippen LogP contribution in [-0.4, -0.2) is 23.9 Å². The lowest BCUT2D eigenvalue weighted by Crippen LogP contribution is -2.39. The van der Waals surface area contributed by atoms with Gasteiger partial charge in [-0.15, -0.1) is 0 Å². The number of alkyl halides is 2. The first-order valence-electron chi connectivity index (χ1n) is 5.56. The van der Waals surface area contributed by atoms with Crippen LogP contribution in [0.1, 0.15) is 12.8 Å². The highest BCUT2D eigenvalue weighted by atomic mass is 19.3. The fourth-order valence-corrected chi connectivity index (χ4v) is 2.02. The Labute approximate surface area is 102 Å². The first-order chi connectivity index (χ1) is 8.39. The number of nitro groups is 1. The molecule has 1 aliphatic rings. The van der Waals surface area contributed by atoms with Crippen LogP contribution in [0.5, 0.6) is 0 Å². The Morgan fingerprint density at radius 1 is 1.33 bits per heavy atom. The van der Waals surface area contributed by atoms with Crippen LogP contribution >= 0.6 is 0 Å². The third-order valence-corrected chi connectivity index (χ3v) is 3.03. The summed E-state index contributed by atoms with van der Waals surface area (Å²) in [4.78, 5) is 12.0. The Morgan fingerprint density at radius 2 is 1.94 bits per heavy atom. The van der Waals surface area contributed by atoms with Gasteiger partial charge in [0.15, 0.2) is 0 Å². The number of nitro benzene ring substituents is 1. The normalized spacial score (nSPS) is 18.7. The zero-order chi connectivity index (χ0) is 13.3. The van der Waals surface area contributed by atoms with Crippen molar-refractivity contribution in [2.45, 2.75) is 18.8 Å². The fourth-order valence-electron chi connectivity index (χ4n) is 2.02. The number of rotatable bonds is 2. The Morgan fingerprint density at radius 3 is 2.50 bits per heavy atom. The summed E-state index contributed by atoms with van der Waals surface area (Å²) in [6, 6.07) is 4.19. The molecule has 0 atom stereocenters. The summed E-state index contributed by atoms with van der Waals surface area (Å²) in [5, 5.41) is 10.9. The average Bonchev–Trinajstić information content (AvgIpc) is 2.28.